The van der Waals surface area contributed by atoms with Crippen LogP contribution >= 0.6 is 0 Å². The van der Waals surface area contributed by atoms with Gasteiger partial charge in [-0.25, -0.2) is 0 Å². The standard InChI is InChI=1S/C9H6O2/c10-8-3-1-2-6-7(8)4-5-9(6)11/h1-5,10H. The lowest BCUT2D eigenvalue weighted by molar-refractivity contribution is 0.105. The van der Waals surface area contributed by atoms with Crippen molar-refractivity contribution >= 4 is 11.9 Å². The molecule has 1 N–H and O–H groups in total. The van der Waals surface area contributed by atoms with Crippen molar-refractivity contribution in [3.05, 3.63) is 35.4 Å². The minimum atomic E-state index is -0.0316. The number of aromatic hydroxyl groups is 1. The summed E-state index contributed by atoms with van der Waals surface area (Å²) in [4.78, 5) is 11.0. The molecule has 0 bridgehead atoms. The molecule has 0 spiro atoms. The van der Waals surface area contributed by atoms with Gasteiger partial charge in [0.15, 0.2) is 5.78 Å². The van der Waals surface area contributed by atoms with Crippen molar-refractivity contribution in [3.63, 3.8) is 0 Å². The smallest absolute Gasteiger partial charge is 0.186 e. The zero-order chi connectivity index (χ0) is 7.84. The van der Waals surface area contributed by atoms with Crippen LogP contribution in [0.25, 0.3) is 6.08 Å². The lowest BCUT2D eigenvalue weighted by Crippen LogP contribution is -1.90. The van der Waals surface area contributed by atoms with Crippen molar-refractivity contribution in [2.45, 2.75) is 0 Å². The van der Waals surface area contributed by atoms with Gasteiger partial charge >= 0.3 is 0 Å². The maximum absolute atomic E-state index is 11.0. The molecule has 0 atom stereocenters. The van der Waals surface area contributed by atoms with Gasteiger partial charge in [-0.05, 0) is 18.2 Å². The molecule has 2 rings (SSSR count). The molecule has 0 heterocycles. The van der Waals surface area contributed by atoms with E-state index in [4.69, 9.17) is 0 Å². The van der Waals surface area contributed by atoms with Crippen LogP contribution in [-0.2, 0) is 0 Å². The Morgan fingerprint density at radius 1 is 1.18 bits per heavy atom. The molecule has 1 aliphatic carbocycles. The van der Waals surface area contributed by atoms with E-state index in [0.717, 1.165) is 0 Å². The van der Waals surface area contributed by atoms with E-state index in [9.17, 15) is 9.90 Å². The van der Waals surface area contributed by atoms with E-state index < -0.39 is 0 Å². The second kappa shape index (κ2) is 1.95. The SMILES string of the molecule is O=C1C=Cc2c(O)cccc21. The maximum Gasteiger partial charge on any atom is 0.186 e. The molecule has 1 aromatic rings. The first-order valence-electron chi connectivity index (χ1n) is 3.33. The fourth-order valence-corrected chi connectivity index (χ4v) is 1.19. The normalized spacial score (nSPS) is 13.6. The van der Waals surface area contributed by atoms with Crippen molar-refractivity contribution in [2.75, 3.05) is 0 Å². The summed E-state index contributed by atoms with van der Waals surface area (Å²) in [5.74, 6) is 0.139. The van der Waals surface area contributed by atoms with Gasteiger partial charge < -0.3 is 5.11 Å². The lowest BCUT2D eigenvalue weighted by Gasteiger charge is -1.97. The van der Waals surface area contributed by atoms with Gasteiger partial charge in [0.25, 0.3) is 0 Å². The Balaban J connectivity index is 2.74. The molecule has 1 aliphatic rings. The van der Waals surface area contributed by atoms with E-state index in [1.807, 2.05) is 0 Å². The molecule has 0 amide bonds. The van der Waals surface area contributed by atoms with Crippen LogP contribution in [0, 0.1) is 0 Å². The highest BCUT2D eigenvalue weighted by molar-refractivity contribution is 6.14. The topological polar surface area (TPSA) is 37.3 Å². The molecule has 0 radical (unpaired) electrons. The summed E-state index contributed by atoms with van der Waals surface area (Å²) >= 11 is 0. The number of carbonyl (C=O) groups excluding carboxylic acids is 1. The second-order valence-electron chi connectivity index (χ2n) is 2.44. The van der Waals surface area contributed by atoms with Crippen molar-refractivity contribution in [1.82, 2.24) is 0 Å². The summed E-state index contributed by atoms with van der Waals surface area (Å²) in [6.07, 6.45) is 3.09. The Bertz CT molecular complexity index is 351. The molecule has 0 saturated heterocycles. The van der Waals surface area contributed by atoms with Crippen molar-refractivity contribution in [1.29, 1.82) is 0 Å². The second-order valence-corrected chi connectivity index (χ2v) is 2.44. The Labute approximate surface area is 63.8 Å². The predicted octanol–water partition coefficient (Wildman–Crippen LogP) is 1.60. The van der Waals surface area contributed by atoms with Gasteiger partial charge in [0.1, 0.15) is 5.75 Å². The minimum Gasteiger partial charge on any atom is -0.507 e. The fourth-order valence-electron chi connectivity index (χ4n) is 1.19. The van der Waals surface area contributed by atoms with E-state index in [-0.39, 0.29) is 11.5 Å². The van der Waals surface area contributed by atoms with Gasteiger partial charge in [0.2, 0.25) is 0 Å². The average molecular weight is 146 g/mol. The molecular formula is C9H6O2. The largest absolute Gasteiger partial charge is 0.507 e. The lowest BCUT2D eigenvalue weighted by atomic mass is 10.1. The Hall–Kier alpha value is -1.57. The van der Waals surface area contributed by atoms with Gasteiger partial charge in [-0.2, -0.15) is 0 Å². The molecule has 0 unspecified atom stereocenters. The van der Waals surface area contributed by atoms with Crippen molar-refractivity contribution in [2.24, 2.45) is 0 Å². The molecule has 2 nitrogen and oxygen atoms in total. The highest BCUT2D eigenvalue weighted by Gasteiger charge is 2.15. The Morgan fingerprint density at radius 3 is 2.73 bits per heavy atom. The number of rotatable bonds is 0. The van der Waals surface area contributed by atoms with E-state index in [0.29, 0.717) is 11.1 Å². The van der Waals surface area contributed by atoms with Gasteiger partial charge in [0.05, 0.1) is 0 Å². The summed E-state index contributed by atoms with van der Waals surface area (Å²) in [6, 6.07) is 4.94. The highest BCUT2D eigenvalue weighted by Crippen LogP contribution is 2.27. The number of allylic oxidation sites excluding steroid dienone is 1. The third-order valence-electron chi connectivity index (χ3n) is 1.75. The quantitative estimate of drug-likeness (QED) is 0.603. The van der Waals surface area contributed by atoms with Crippen LogP contribution in [0.1, 0.15) is 15.9 Å². The van der Waals surface area contributed by atoms with E-state index in [1.165, 1.54) is 6.08 Å². The van der Waals surface area contributed by atoms with Gasteiger partial charge in [0, 0.05) is 11.1 Å². The number of hydrogen-bond donors (Lipinski definition) is 1. The monoisotopic (exact) mass is 146 g/mol. The maximum atomic E-state index is 11.0. The summed E-state index contributed by atoms with van der Waals surface area (Å²) in [6.45, 7) is 0. The van der Waals surface area contributed by atoms with E-state index >= 15 is 0 Å². The van der Waals surface area contributed by atoms with Crippen LogP contribution < -0.4 is 0 Å². The van der Waals surface area contributed by atoms with Crippen LogP contribution in [0.2, 0.25) is 0 Å². The summed E-state index contributed by atoms with van der Waals surface area (Å²) in [7, 11) is 0. The van der Waals surface area contributed by atoms with Gasteiger partial charge in [-0.1, -0.05) is 12.1 Å². The van der Waals surface area contributed by atoms with Gasteiger partial charge in [-0.15, -0.1) is 0 Å². The van der Waals surface area contributed by atoms with Crippen LogP contribution in [-0.4, -0.2) is 10.9 Å². The molecule has 0 fully saturated rings. The minimum absolute atomic E-state index is 0.0316. The van der Waals surface area contributed by atoms with Gasteiger partial charge in [-0.3, -0.25) is 4.79 Å². The first kappa shape index (κ1) is 6.16. The molecule has 0 aromatic heterocycles. The molecule has 11 heavy (non-hydrogen) atoms. The summed E-state index contributed by atoms with van der Waals surface area (Å²) in [5, 5.41) is 9.25. The molecule has 1 aromatic carbocycles. The molecular weight excluding hydrogens is 140 g/mol. The number of phenols is 1. The van der Waals surface area contributed by atoms with E-state index in [1.54, 1.807) is 24.3 Å². The number of benzene rings is 1. The highest BCUT2D eigenvalue weighted by atomic mass is 16.3. The van der Waals surface area contributed by atoms with Crippen LogP contribution in [0.3, 0.4) is 0 Å². The third kappa shape index (κ3) is 0.759. The van der Waals surface area contributed by atoms with Crippen LogP contribution in [0.5, 0.6) is 5.75 Å². The first-order valence-corrected chi connectivity index (χ1v) is 3.33. The van der Waals surface area contributed by atoms with Crippen molar-refractivity contribution in [3.8, 4) is 5.75 Å². The number of hydrogen-bond acceptors (Lipinski definition) is 2. The van der Waals surface area contributed by atoms with Crippen molar-refractivity contribution < 1.29 is 9.90 Å². The number of ketones is 1. The molecule has 0 aliphatic heterocycles. The molecule has 54 valence electrons. The zero-order valence-electron chi connectivity index (χ0n) is 5.74. The number of phenolic OH excluding ortho intramolecular Hbond substituents is 1. The fraction of sp³-hybridized carbons (Fsp3) is 0. The Morgan fingerprint density at radius 2 is 2.00 bits per heavy atom. The summed E-state index contributed by atoms with van der Waals surface area (Å²) < 4.78 is 0. The van der Waals surface area contributed by atoms with Crippen LogP contribution in [0.4, 0.5) is 0 Å². The number of carbonyl (C=O) groups is 1. The molecule has 2 heteroatoms. The Kier molecular flexibility index (Phi) is 1.09. The van der Waals surface area contributed by atoms with E-state index in [2.05, 4.69) is 0 Å². The predicted molar refractivity (Wildman–Crippen MR) is 41.5 cm³/mol. The van der Waals surface area contributed by atoms with Crippen LogP contribution in [0.15, 0.2) is 24.3 Å². The third-order valence-corrected chi connectivity index (χ3v) is 1.75. The number of fused-ring (bicyclic) bond motifs is 1. The zero-order valence-corrected chi connectivity index (χ0v) is 5.74. The summed E-state index contributed by atoms with van der Waals surface area (Å²) in [5.41, 5.74) is 1.22. The molecule has 0 saturated carbocycles. The average Bonchev–Trinajstić information content (AvgIpc) is 2.35. The first-order chi connectivity index (χ1) is 5.29.